The highest BCUT2D eigenvalue weighted by atomic mass is 127. The number of aliphatic imine (C=N–C) groups is 1. The highest BCUT2D eigenvalue weighted by Gasteiger charge is 2.39. The number of methoxy groups -OCH3 is 1. The van der Waals surface area contributed by atoms with Gasteiger partial charge < -0.3 is 15.8 Å². The summed E-state index contributed by atoms with van der Waals surface area (Å²) in [5.74, 6) is 1.20. The number of halogens is 1. The normalized spacial score (nSPS) is 15.8. The number of nitrogens with two attached hydrogens (primary N) is 1. The van der Waals surface area contributed by atoms with Crippen molar-refractivity contribution in [1.82, 2.24) is 4.98 Å². The van der Waals surface area contributed by atoms with Crippen molar-refractivity contribution in [2.24, 2.45) is 10.7 Å². The third-order valence-electron chi connectivity index (χ3n) is 4.41. The standard InChI is InChI=1S/C18H22N4O.HI/c1-23-15-7-4-6-14(12-15)22-17(19)21-13-18(9-5-10-18)16-8-2-3-11-20-16;/h2-4,6-8,11-12H,5,9-10,13H2,1H3,(H3,19,21,22);1H. The molecule has 1 aliphatic rings. The van der Waals surface area contributed by atoms with E-state index < -0.39 is 0 Å². The molecule has 1 heterocycles. The van der Waals surface area contributed by atoms with Crippen LogP contribution in [0.4, 0.5) is 5.69 Å². The predicted octanol–water partition coefficient (Wildman–Crippen LogP) is 3.56. The van der Waals surface area contributed by atoms with E-state index in [0.717, 1.165) is 30.0 Å². The van der Waals surface area contributed by atoms with Gasteiger partial charge in [0.2, 0.25) is 0 Å². The minimum absolute atomic E-state index is 0. The number of nitrogens with zero attached hydrogens (tertiary/aromatic N) is 2. The summed E-state index contributed by atoms with van der Waals surface area (Å²) in [7, 11) is 1.64. The summed E-state index contributed by atoms with van der Waals surface area (Å²) < 4.78 is 5.21. The number of nitrogens with one attached hydrogen (secondary N) is 1. The summed E-state index contributed by atoms with van der Waals surface area (Å²) in [6.45, 7) is 0.660. The van der Waals surface area contributed by atoms with Crippen LogP contribution in [-0.2, 0) is 5.41 Å². The smallest absolute Gasteiger partial charge is 0.193 e. The molecule has 0 bridgehead atoms. The Morgan fingerprint density at radius 1 is 1.29 bits per heavy atom. The van der Waals surface area contributed by atoms with Crippen LogP contribution in [-0.4, -0.2) is 24.6 Å². The van der Waals surface area contributed by atoms with Crippen LogP contribution in [0, 0.1) is 0 Å². The fourth-order valence-electron chi connectivity index (χ4n) is 2.90. The Balaban J connectivity index is 0.00000208. The summed E-state index contributed by atoms with van der Waals surface area (Å²) in [4.78, 5) is 9.06. The number of anilines is 1. The molecule has 1 saturated carbocycles. The van der Waals surface area contributed by atoms with Crippen LogP contribution in [0.15, 0.2) is 53.7 Å². The molecular weight excluding hydrogens is 415 g/mol. The van der Waals surface area contributed by atoms with Crippen LogP contribution in [0.5, 0.6) is 5.75 Å². The van der Waals surface area contributed by atoms with Crippen LogP contribution >= 0.6 is 24.0 Å². The van der Waals surface area contributed by atoms with Crippen LogP contribution < -0.4 is 15.8 Å². The maximum absolute atomic E-state index is 6.04. The van der Waals surface area contributed by atoms with Crippen molar-refractivity contribution in [2.45, 2.75) is 24.7 Å². The molecule has 0 saturated heterocycles. The first-order chi connectivity index (χ1) is 11.2. The lowest BCUT2D eigenvalue weighted by molar-refractivity contribution is 0.246. The SMILES string of the molecule is COc1cccc(NC(N)=NCC2(c3ccccn3)CCC2)c1.I. The van der Waals surface area contributed by atoms with Gasteiger partial charge in [-0.15, -0.1) is 24.0 Å². The Morgan fingerprint density at radius 2 is 2.12 bits per heavy atom. The van der Waals surface area contributed by atoms with E-state index >= 15 is 0 Å². The van der Waals surface area contributed by atoms with Crippen molar-refractivity contribution in [1.29, 1.82) is 0 Å². The van der Waals surface area contributed by atoms with Gasteiger partial charge in [-0.2, -0.15) is 0 Å². The van der Waals surface area contributed by atoms with Gasteiger partial charge in [-0.25, -0.2) is 0 Å². The maximum Gasteiger partial charge on any atom is 0.193 e. The molecule has 0 spiro atoms. The van der Waals surface area contributed by atoms with Gasteiger partial charge in [0.1, 0.15) is 5.75 Å². The van der Waals surface area contributed by atoms with Crippen LogP contribution in [0.25, 0.3) is 0 Å². The quantitative estimate of drug-likeness (QED) is 0.426. The molecule has 0 atom stereocenters. The maximum atomic E-state index is 6.04. The number of ether oxygens (including phenoxy) is 1. The number of benzene rings is 1. The topological polar surface area (TPSA) is 72.5 Å². The van der Waals surface area contributed by atoms with Crippen molar-refractivity contribution < 1.29 is 4.74 Å². The first-order valence-electron chi connectivity index (χ1n) is 7.84. The molecule has 0 aliphatic heterocycles. The van der Waals surface area contributed by atoms with E-state index in [-0.39, 0.29) is 29.4 Å². The lowest BCUT2D eigenvalue weighted by Crippen LogP contribution is -2.39. The van der Waals surface area contributed by atoms with Crippen LogP contribution in [0.1, 0.15) is 25.0 Å². The first-order valence-corrected chi connectivity index (χ1v) is 7.84. The molecule has 128 valence electrons. The van der Waals surface area contributed by atoms with Gasteiger partial charge in [0.15, 0.2) is 5.96 Å². The number of guanidine groups is 1. The average Bonchev–Trinajstić information content (AvgIpc) is 2.55. The summed E-state index contributed by atoms with van der Waals surface area (Å²) in [6, 6.07) is 13.7. The van der Waals surface area contributed by atoms with Gasteiger partial charge in [-0.1, -0.05) is 18.6 Å². The van der Waals surface area contributed by atoms with Crippen molar-refractivity contribution in [3.05, 3.63) is 54.4 Å². The van der Waals surface area contributed by atoms with E-state index in [1.165, 1.54) is 6.42 Å². The van der Waals surface area contributed by atoms with Crippen molar-refractivity contribution in [3.63, 3.8) is 0 Å². The fourth-order valence-corrected chi connectivity index (χ4v) is 2.90. The minimum Gasteiger partial charge on any atom is -0.497 e. The highest BCUT2D eigenvalue weighted by Crippen LogP contribution is 2.42. The third kappa shape index (κ3) is 4.17. The van der Waals surface area contributed by atoms with Crippen molar-refractivity contribution >= 4 is 35.6 Å². The van der Waals surface area contributed by atoms with E-state index in [9.17, 15) is 0 Å². The number of aromatic nitrogens is 1. The zero-order valence-electron chi connectivity index (χ0n) is 13.7. The van der Waals surface area contributed by atoms with Crippen molar-refractivity contribution in [2.75, 3.05) is 19.0 Å². The molecule has 3 N–H and O–H groups in total. The zero-order chi connectivity index (χ0) is 16.1. The van der Waals surface area contributed by atoms with E-state index in [0.29, 0.717) is 12.5 Å². The second kappa shape index (κ2) is 8.32. The molecule has 1 fully saturated rings. The van der Waals surface area contributed by atoms with E-state index in [2.05, 4.69) is 21.4 Å². The average molecular weight is 438 g/mol. The summed E-state index contributed by atoms with van der Waals surface area (Å²) in [5, 5.41) is 3.12. The lowest BCUT2D eigenvalue weighted by Gasteiger charge is -2.40. The summed E-state index contributed by atoms with van der Waals surface area (Å²) in [5.41, 5.74) is 8.06. The summed E-state index contributed by atoms with van der Waals surface area (Å²) in [6.07, 6.45) is 5.28. The molecule has 3 rings (SSSR count). The fraction of sp³-hybridized carbons (Fsp3) is 0.333. The lowest BCUT2D eigenvalue weighted by atomic mass is 9.66. The molecule has 6 heteroatoms. The molecule has 2 aromatic rings. The van der Waals surface area contributed by atoms with Gasteiger partial charge in [0.25, 0.3) is 0 Å². The Hall–Kier alpha value is -1.83. The number of hydrogen-bond donors (Lipinski definition) is 2. The molecule has 5 nitrogen and oxygen atoms in total. The third-order valence-corrected chi connectivity index (χ3v) is 4.41. The highest BCUT2D eigenvalue weighted by molar-refractivity contribution is 14.0. The number of rotatable bonds is 5. The molecule has 1 aliphatic carbocycles. The summed E-state index contributed by atoms with van der Waals surface area (Å²) >= 11 is 0. The largest absolute Gasteiger partial charge is 0.497 e. The van der Waals surface area contributed by atoms with Gasteiger partial charge in [-0.3, -0.25) is 9.98 Å². The zero-order valence-corrected chi connectivity index (χ0v) is 16.1. The molecule has 24 heavy (non-hydrogen) atoms. The Kier molecular flexibility index (Phi) is 6.42. The second-order valence-corrected chi connectivity index (χ2v) is 5.91. The minimum atomic E-state index is 0. The Bertz CT molecular complexity index is 686. The monoisotopic (exact) mass is 438 g/mol. The predicted molar refractivity (Wildman–Crippen MR) is 108 cm³/mol. The second-order valence-electron chi connectivity index (χ2n) is 5.91. The van der Waals surface area contributed by atoms with Gasteiger partial charge >= 0.3 is 0 Å². The number of hydrogen-bond acceptors (Lipinski definition) is 3. The molecule has 1 aromatic carbocycles. The molecule has 0 radical (unpaired) electrons. The van der Waals surface area contributed by atoms with E-state index in [1.807, 2.05) is 42.6 Å². The van der Waals surface area contributed by atoms with E-state index in [4.69, 9.17) is 10.5 Å². The first kappa shape index (κ1) is 18.5. The number of pyridine rings is 1. The van der Waals surface area contributed by atoms with E-state index in [1.54, 1.807) is 7.11 Å². The Labute approximate surface area is 159 Å². The van der Waals surface area contributed by atoms with Crippen LogP contribution in [0.2, 0.25) is 0 Å². The Morgan fingerprint density at radius 3 is 2.75 bits per heavy atom. The molecule has 1 aromatic heterocycles. The molecular formula is C18H23IN4O. The molecule has 0 amide bonds. The van der Waals surface area contributed by atoms with Gasteiger partial charge in [-0.05, 0) is 37.1 Å². The molecule has 0 unspecified atom stereocenters. The van der Waals surface area contributed by atoms with Gasteiger partial charge in [0, 0.05) is 29.1 Å². The van der Waals surface area contributed by atoms with Crippen LogP contribution in [0.3, 0.4) is 0 Å². The van der Waals surface area contributed by atoms with Gasteiger partial charge in [0.05, 0.1) is 13.7 Å². The van der Waals surface area contributed by atoms with Crippen molar-refractivity contribution in [3.8, 4) is 5.75 Å².